The van der Waals surface area contributed by atoms with Gasteiger partial charge in [-0.05, 0) is 51.3 Å². The molecule has 1 amide bonds. The second-order valence-electron chi connectivity index (χ2n) is 6.99. The third-order valence-electron chi connectivity index (χ3n) is 3.06. The number of benzene rings is 1. The van der Waals surface area contributed by atoms with Crippen LogP contribution in [-0.4, -0.2) is 16.7 Å². The van der Waals surface area contributed by atoms with Gasteiger partial charge in [0.2, 0.25) is 0 Å². The molecule has 0 aliphatic carbocycles. The van der Waals surface area contributed by atoms with Gasteiger partial charge in [-0.3, -0.25) is 0 Å². The molecule has 0 saturated heterocycles. The Morgan fingerprint density at radius 1 is 1.39 bits per heavy atom. The van der Waals surface area contributed by atoms with E-state index in [9.17, 15) is 4.79 Å². The van der Waals surface area contributed by atoms with E-state index in [-0.39, 0.29) is 6.04 Å². The maximum atomic E-state index is 12.1. The van der Waals surface area contributed by atoms with Gasteiger partial charge >= 0.3 is 6.09 Å². The molecule has 1 unspecified atom stereocenters. The van der Waals surface area contributed by atoms with E-state index in [4.69, 9.17) is 16.3 Å². The molecule has 126 valence electrons. The van der Waals surface area contributed by atoms with E-state index >= 15 is 0 Å². The predicted molar refractivity (Wildman–Crippen MR) is 96.2 cm³/mol. The summed E-state index contributed by atoms with van der Waals surface area (Å²) in [7, 11) is 0. The number of carbonyl (C=O) groups excluding carboxylic acids is 1. The number of alkyl carbamates (subject to hydrolysis) is 1. The highest BCUT2D eigenvalue weighted by Crippen LogP contribution is 2.31. The van der Waals surface area contributed by atoms with Crippen LogP contribution in [0.2, 0.25) is 5.02 Å². The van der Waals surface area contributed by atoms with Gasteiger partial charge in [0, 0.05) is 5.02 Å². The highest BCUT2D eigenvalue weighted by atomic mass is 35.5. The van der Waals surface area contributed by atoms with Crippen LogP contribution in [0.1, 0.15) is 52.1 Å². The van der Waals surface area contributed by atoms with Gasteiger partial charge in [-0.25, -0.2) is 9.78 Å². The molecule has 1 N–H and O–H groups in total. The van der Waals surface area contributed by atoms with Crippen LogP contribution in [0.5, 0.6) is 0 Å². The molecule has 0 bridgehead atoms. The molecule has 0 radical (unpaired) electrons. The molecular formula is C17H23ClN2O2S. The molecular weight excluding hydrogens is 332 g/mol. The summed E-state index contributed by atoms with van der Waals surface area (Å²) in [4.78, 5) is 16.8. The number of rotatable bonds is 4. The molecule has 1 aromatic carbocycles. The average Bonchev–Trinajstić information content (AvgIpc) is 2.77. The number of nitrogens with zero attached hydrogens (tertiary/aromatic N) is 1. The number of aromatic nitrogens is 1. The summed E-state index contributed by atoms with van der Waals surface area (Å²) in [6, 6.07) is 5.49. The van der Waals surface area contributed by atoms with Crippen molar-refractivity contribution >= 4 is 39.2 Å². The molecule has 0 aliphatic heterocycles. The third-order valence-corrected chi connectivity index (χ3v) is 4.45. The van der Waals surface area contributed by atoms with Crippen molar-refractivity contribution in [1.29, 1.82) is 0 Å². The van der Waals surface area contributed by atoms with Gasteiger partial charge in [0.05, 0.1) is 16.3 Å². The van der Waals surface area contributed by atoms with Crippen molar-refractivity contribution < 1.29 is 9.53 Å². The Morgan fingerprint density at radius 2 is 2.09 bits per heavy atom. The first kappa shape index (κ1) is 18.0. The zero-order chi connectivity index (χ0) is 17.2. The third kappa shape index (κ3) is 5.36. The molecule has 4 nitrogen and oxygen atoms in total. The summed E-state index contributed by atoms with van der Waals surface area (Å²) >= 11 is 7.60. The molecule has 0 spiro atoms. The largest absolute Gasteiger partial charge is 0.444 e. The van der Waals surface area contributed by atoms with Gasteiger partial charge in [-0.1, -0.05) is 25.4 Å². The molecule has 2 rings (SSSR count). The first-order chi connectivity index (χ1) is 10.6. The smallest absolute Gasteiger partial charge is 0.408 e. The van der Waals surface area contributed by atoms with Gasteiger partial charge < -0.3 is 10.1 Å². The monoisotopic (exact) mass is 354 g/mol. The summed E-state index contributed by atoms with van der Waals surface area (Å²) in [6.07, 6.45) is 0.382. The average molecular weight is 355 g/mol. The Balaban J connectivity index is 2.24. The normalized spacial score (nSPS) is 13.3. The fourth-order valence-corrected chi connectivity index (χ4v) is 3.39. The maximum Gasteiger partial charge on any atom is 0.408 e. The number of fused-ring (bicyclic) bond motifs is 1. The highest BCUT2D eigenvalue weighted by Gasteiger charge is 2.23. The molecule has 6 heteroatoms. The summed E-state index contributed by atoms with van der Waals surface area (Å²) in [6.45, 7) is 9.79. The van der Waals surface area contributed by atoms with Crippen LogP contribution in [0, 0.1) is 5.92 Å². The zero-order valence-corrected chi connectivity index (χ0v) is 15.7. The van der Waals surface area contributed by atoms with Crippen LogP contribution in [0.4, 0.5) is 4.79 Å². The number of hydrogen-bond acceptors (Lipinski definition) is 4. The Bertz CT molecular complexity index is 691. The van der Waals surface area contributed by atoms with E-state index in [2.05, 4.69) is 24.1 Å². The van der Waals surface area contributed by atoms with Crippen LogP contribution < -0.4 is 5.32 Å². The van der Waals surface area contributed by atoms with Crippen molar-refractivity contribution in [2.24, 2.45) is 5.92 Å². The van der Waals surface area contributed by atoms with Crippen LogP contribution in [0.15, 0.2) is 18.2 Å². The minimum atomic E-state index is -0.520. The number of carbonyl (C=O) groups is 1. The number of hydrogen-bond donors (Lipinski definition) is 1. The SMILES string of the molecule is CC(C)CC(NC(=O)OC(C)(C)C)c1nc2cc(Cl)ccc2s1. The van der Waals surface area contributed by atoms with E-state index in [1.807, 2.05) is 39.0 Å². The molecule has 2 aromatic rings. The molecule has 0 saturated carbocycles. The lowest BCUT2D eigenvalue weighted by Crippen LogP contribution is -2.35. The van der Waals surface area contributed by atoms with E-state index in [0.29, 0.717) is 10.9 Å². The van der Waals surface area contributed by atoms with Gasteiger partial charge in [0.1, 0.15) is 10.6 Å². The van der Waals surface area contributed by atoms with Crippen LogP contribution in [0.25, 0.3) is 10.2 Å². The Kier molecular flexibility index (Phi) is 5.53. The Labute approximate surface area is 146 Å². The number of nitrogens with one attached hydrogen (secondary N) is 1. The molecule has 1 aromatic heterocycles. The van der Waals surface area contributed by atoms with Gasteiger partial charge in [0.25, 0.3) is 0 Å². The lowest BCUT2D eigenvalue weighted by molar-refractivity contribution is 0.0498. The van der Waals surface area contributed by atoms with Crippen molar-refractivity contribution in [2.45, 2.75) is 52.7 Å². The topological polar surface area (TPSA) is 51.2 Å². The van der Waals surface area contributed by atoms with Gasteiger partial charge in [-0.2, -0.15) is 0 Å². The number of ether oxygens (including phenoxy) is 1. The van der Waals surface area contributed by atoms with Gasteiger partial charge in [0.15, 0.2) is 0 Å². The van der Waals surface area contributed by atoms with E-state index in [1.54, 1.807) is 11.3 Å². The second kappa shape index (κ2) is 7.05. The fourth-order valence-electron chi connectivity index (χ4n) is 2.21. The Morgan fingerprint density at radius 3 is 2.70 bits per heavy atom. The van der Waals surface area contributed by atoms with Crippen molar-refractivity contribution in [2.75, 3.05) is 0 Å². The minimum Gasteiger partial charge on any atom is -0.444 e. The minimum absolute atomic E-state index is 0.166. The maximum absolute atomic E-state index is 12.1. The fraction of sp³-hybridized carbons (Fsp3) is 0.529. The summed E-state index contributed by atoms with van der Waals surface area (Å²) in [5.41, 5.74) is 0.338. The second-order valence-corrected chi connectivity index (χ2v) is 8.49. The van der Waals surface area contributed by atoms with Crippen LogP contribution >= 0.6 is 22.9 Å². The first-order valence-electron chi connectivity index (χ1n) is 7.69. The highest BCUT2D eigenvalue weighted by molar-refractivity contribution is 7.18. The van der Waals surface area contributed by atoms with Crippen molar-refractivity contribution in [3.63, 3.8) is 0 Å². The Hall–Kier alpha value is -1.33. The van der Waals surface area contributed by atoms with E-state index in [1.165, 1.54) is 0 Å². The molecule has 1 atom stereocenters. The predicted octanol–water partition coefficient (Wildman–Crippen LogP) is 5.56. The molecule has 23 heavy (non-hydrogen) atoms. The number of thiazole rings is 1. The lowest BCUT2D eigenvalue weighted by Gasteiger charge is -2.23. The van der Waals surface area contributed by atoms with E-state index < -0.39 is 11.7 Å². The summed E-state index contributed by atoms with van der Waals surface area (Å²) in [5, 5.41) is 4.49. The summed E-state index contributed by atoms with van der Waals surface area (Å²) < 4.78 is 6.43. The van der Waals surface area contributed by atoms with Crippen molar-refractivity contribution in [3.8, 4) is 0 Å². The zero-order valence-electron chi connectivity index (χ0n) is 14.1. The van der Waals surface area contributed by atoms with Crippen molar-refractivity contribution in [1.82, 2.24) is 10.3 Å². The number of amides is 1. The van der Waals surface area contributed by atoms with Crippen LogP contribution in [0.3, 0.4) is 0 Å². The van der Waals surface area contributed by atoms with Crippen molar-refractivity contribution in [3.05, 3.63) is 28.2 Å². The number of halogens is 1. The standard InChI is InChI=1S/C17H23ClN2O2S/c1-10(2)8-13(20-16(21)22-17(3,4)5)15-19-12-9-11(18)6-7-14(12)23-15/h6-7,9-10,13H,8H2,1-5H3,(H,20,21). The molecule has 1 heterocycles. The molecule has 0 aliphatic rings. The van der Waals surface area contributed by atoms with Crippen LogP contribution in [-0.2, 0) is 4.74 Å². The van der Waals surface area contributed by atoms with E-state index in [0.717, 1.165) is 21.6 Å². The van der Waals surface area contributed by atoms with Gasteiger partial charge in [-0.15, -0.1) is 11.3 Å². The lowest BCUT2D eigenvalue weighted by atomic mass is 10.0. The summed E-state index contributed by atoms with van der Waals surface area (Å²) in [5.74, 6) is 0.422. The molecule has 0 fully saturated rings. The quantitative estimate of drug-likeness (QED) is 0.781. The first-order valence-corrected chi connectivity index (χ1v) is 8.89.